The van der Waals surface area contributed by atoms with Gasteiger partial charge in [0.2, 0.25) is 5.91 Å². The molecule has 1 amide bonds. The van der Waals surface area contributed by atoms with Gasteiger partial charge in [-0.2, -0.15) is 0 Å². The number of nitrogens with zero attached hydrogens (tertiary/aromatic N) is 1. The van der Waals surface area contributed by atoms with Crippen molar-refractivity contribution in [2.45, 2.75) is 62.2 Å². The summed E-state index contributed by atoms with van der Waals surface area (Å²) in [5.74, 6) is -0.235. The van der Waals surface area contributed by atoms with Crippen molar-refractivity contribution in [3.05, 3.63) is 29.3 Å². The van der Waals surface area contributed by atoms with E-state index >= 15 is 0 Å². The molecule has 2 fully saturated rings. The first kappa shape index (κ1) is 18.4. The highest BCUT2D eigenvalue weighted by Crippen LogP contribution is 2.43. The van der Waals surface area contributed by atoms with Crippen molar-refractivity contribution in [2.75, 3.05) is 19.7 Å². The van der Waals surface area contributed by atoms with Gasteiger partial charge in [0.25, 0.3) is 0 Å². The predicted molar refractivity (Wildman–Crippen MR) is 96.3 cm³/mol. The first-order valence-corrected chi connectivity index (χ1v) is 10.5. The molecule has 138 valence electrons. The van der Waals surface area contributed by atoms with E-state index in [4.69, 9.17) is 4.74 Å². The van der Waals surface area contributed by atoms with E-state index in [-0.39, 0.29) is 12.0 Å². The third-order valence-corrected chi connectivity index (χ3v) is 8.11. The molecule has 0 spiro atoms. The van der Waals surface area contributed by atoms with Gasteiger partial charge in [-0.25, -0.2) is 8.42 Å². The largest absolute Gasteiger partial charge is 0.375 e. The standard InChI is InChI=1S/C19H27NO4S/c1-14-6-7-15(2)17(12-14)25(22,23)19(8-4-5-9-19)18(21)20-10-11-24-16(3)13-20/h6-7,12,16H,4-5,8-11,13H2,1-3H3. The lowest BCUT2D eigenvalue weighted by Gasteiger charge is -2.38. The van der Waals surface area contributed by atoms with Crippen LogP contribution in [0.25, 0.3) is 0 Å². The summed E-state index contributed by atoms with van der Waals surface area (Å²) in [4.78, 5) is 15.4. The average Bonchev–Trinajstić information content (AvgIpc) is 3.08. The summed E-state index contributed by atoms with van der Waals surface area (Å²) in [6, 6.07) is 5.44. The summed E-state index contributed by atoms with van der Waals surface area (Å²) in [6.45, 7) is 6.99. The Balaban J connectivity index is 2.05. The van der Waals surface area contributed by atoms with Gasteiger partial charge in [-0.3, -0.25) is 4.79 Å². The lowest BCUT2D eigenvalue weighted by atomic mass is 10.0. The molecule has 0 aromatic heterocycles. The van der Waals surface area contributed by atoms with Gasteiger partial charge in [-0.15, -0.1) is 0 Å². The second-order valence-corrected chi connectivity index (χ2v) is 9.63. The molecular weight excluding hydrogens is 338 g/mol. The second-order valence-electron chi connectivity index (χ2n) is 7.41. The van der Waals surface area contributed by atoms with Crippen molar-refractivity contribution in [3.8, 4) is 0 Å². The monoisotopic (exact) mass is 365 g/mol. The van der Waals surface area contributed by atoms with E-state index < -0.39 is 14.6 Å². The average molecular weight is 365 g/mol. The van der Waals surface area contributed by atoms with Crippen LogP contribution in [0.5, 0.6) is 0 Å². The number of amides is 1. The lowest BCUT2D eigenvalue weighted by molar-refractivity contribution is -0.140. The van der Waals surface area contributed by atoms with E-state index in [1.807, 2.05) is 26.0 Å². The van der Waals surface area contributed by atoms with Crippen LogP contribution in [-0.4, -0.2) is 49.8 Å². The van der Waals surface area contributed by atoms with E-state index in [9.17, 15) is 13.2 Å². The topological polar surface area (TPSA) is 63.7 Å². The van der Waals surface area contributed by atoms with Crippen LogP contribution in [0.15, 0.2) is 23.1 Å². The molecule has 5 nitrogen and oxygen atoms in total. The van der Waals surface area contributed by atoms with Crippen LogP contribution in [-0.2, 0) is 19.4 Å². The van der Waals surface area contributed by atoms with Crippen LogP contribution < -0.4 is 0 Å². The fraction of sp³-hybridized carbons (Fsp3) is 0.632. The van der Waals surface area contributed by atoms with Gasteiger partial charge in [0.1, 0.15) is 0 Å². The highest BCUT2D eigenvalue weighted by molar-refractivity contribution is 7.93. The number of morpholine rings is 1. The van der Waals surface area contributed by atoms with E-state index in [1.54, 1.807) is 17.9 Å². The zero-order chi connectivity index (χ0) is 18.2. The predicted octanol–water partition coefficient (Wildman–Crippen LogP) is 2.64. The first-order chi connectivity index (χ1) is 11.8. The summed E-state index contributed by atoms with van der Waals surface area (Å²) in [7, 11) is -3.75. The van der Waals surface area contributed by atoms with Gasteiger partial charge >= 0.3 is 0 Å². The number of benzene rings is 1. The van der Waals surface area contributed by atoms with Gasteiger partial charge in [-0.1, -0.05) is 25.0 Å². The van der Waals surface area contributed by atoms with Crippen molar-refractivity contribution in [2.24, 2.45) is 0 Å². The van der Waals surface area contributed by atoms with Gasteiger partial charge in [0.15, 0.2) is 14.6 Å². The Labute approximate surface area is 150 Å². The number of rotatable bonds is 3. The van der Waals surface area contributed by atoms with Gasteiger partial charge in [-0.05, 0) is 50.8 Å². The molecule has 1 saturated carbocycles. The normalized spacial score (nSPS) is 23.6. The Bertz CT molecular complexity index is 766. The van der Waals surface area contributed by atoms with Gasteiger partial charge < -0.3 is 9.64 Å². The third kappa shape index (κ3) is 3.10. The van der Waals surface area contributed by atoms with Crippen LogP contribution in [0.1, 0.15) is 43.7 Å². The summed E-state index contributed by atoms with van der Waals surface area (Å²) in [5, 5.41) is 0. The van der Waals surface area contributed by atoms with Crippen molar-refractivity contribution in [1.82, 2.24) is 4.90 Å². The summed E-state index contributed by atoms with van der Waals surface area (Å²) >= 11 is 0. The maximum Gasteiger partial charge on any atom is 0.244 e. The van der Waals surface area contributed by atoms with E-state index in [1.165, 1.54) is 0 Å². The number of aryl methyl sites for hydroxylation is 2. The van der Waals surface area contributed by atoms with E-state index in [0.29, 0.717) is 43.0 Å². The molecule has 1 aromatic carbocycles. The van der Waals surface area contributed by atoms with Crippen LogP contribution in [0, 0.1) is 13.8 Å². The molecule has 0 N–H and O–H groups in total. The highest BCUT2D eigenvalue weighted by atomic mass is 32.2. The highest BCUT2D eigenvalue weighted by Gasteiger charge is 2.55. The minimum atomic E-state index is -3.75. The molecule has 1 aliphatic heterocycles. The summed E-state index contributed by atoms with van der Waals surface area (Å²) < 4.78 is 31.4. The van der Waals surface area contributed by atoms with Crippen LogP contribution in [0.4, 0.5) is 0 Å². The maximum absolute atomic E-state index is 13.6. The molecule has 1 saturated heterocycles. The molecule has 1 heterocycles. The van der Waals surface area contributed by atoms with Gasteiger partial charge in [0, 0.05) is 13.1 Å². The number of hydrogen-bond donors (Lipinski definition) is 0. The van der Waals surface area contributed by atoms with E-state index in [2.05, 4.69) is 0 Å². The Kier molecular flexibility index (Phi) is 4.95. The maximum atomic E-state index is 13.6. The molecule has 0 radical (unpaired) electrons. The molecule has 25 heavy (non-hydrogen) atoms. The molecular formula is C19H27NO4S. The fourth-order valence-corrected chi connectivity index (χ4v) is 6.48. The first-order valence-electron chi connectivity index (χ1n) is 9.01. The van der Waals surface area contributed by atoms with Crippen molar-refractivity contribution >= 4 is 15.7 Å². The van der Waals surface area contributed by atoms with Crippen molar-refractivity contribution < 1.29 is 17.9 Å². The fourth-order valence-electron chi connectivity index (χ4n) is 4.04. The van der Waals surface area contributed by atoms with Crippen LogP contribution in [0.2, 0.25) is 0 Å². The molecule has 1 unspecified atom stereocenters. The second kappa shape index (κ2) is 6.72. The Morgan fingerprint density at radius 1 is 1.24 bits per heavy atom. The van der Waals surface area contributed by atoms with Gasteiger partial charge in [0.05, 0.1) is 17.6 Å². The molecule has 1 aromatic rings. The Hall–Kier alpha value is -1.40. The molecule has 1 aliphatic carbocycles. The minimum absolute atomic E-state index is 0.0560. The molecule has 1 atom stereocenters. The van der Waals surface area contributed by atoms with Crippen molar-refractivity contribution in [1.29, 1.82) is 0 Å². The number of carbonyl (C=O) groups is 1. The van der Waals surface area contributed by atoms with Crippen LogP contribution >= 0.6 is 0 Å². The number of ether oxygens (including phenoxy) is 1. The third-order valence-electron chi connectivity index (χ3n) is 5.48. The smallest absolute Gasteiger partial charge is 0.244 e. The van der Waals surface area contributed by atoms with E-state index in [0.717, 1.165) is 18.4 Å². The molecule has 6 heteroatoms. The molecule has 3 rings (SSSR count). The summed E-state index contributed by atoms with van der Waals surface area (Å²) in [6.07, 6.45) is 2.31. The van der Waals surface area contributed by atoms with Crippen LogP contribution in [0.3, 0.4) is 0 Å². The minimum Gasteiger partial charge on any atom is -0.375 e. The quantitative estimate of drug-likeness (QED) is 0.826. The molecule has 0 bridgehead atoms. The number of sulfone groups is 1. The Morgan fingerprint density at radius 3 is 2.56 bits per heavy atom. The zero-order valence-electron chi connectivity index (χ0n) is 15.2. The van der Waals surface area contributed by atoms with Crippen molar-refractivity contribution in [3.63, 3.8) is 0 Å². The SMILES string of the molecule is Cc1ccc(C)c(S(=O)(=O)C2(C(=O)N3CCOC(C)C3)CCCC2)c1. The zero-order valence-corrected chi connectivity index (χ0v) is 16.1. The lowest BCUT2D eigenvalue weighted by Crippen LogP contribution is -2.56. The Morgan fingerprint density at radius 2 is 1.92 bits per heavy atom. The number of hydrogen-bond acceptors (Lipinski definition) is 4. The summed E-state index contributed by atoms with van der Waals surface area (Å²) in [5.41, 5.74) is 1.60. The molecule has 2 aliphatic rings. The number of carbonyl (C=O) groups excluding carboxylic acids is 1.